The van der Waals surface area contributed by atoms with Gasteiger partial charge in [0.15, 0.2) is 9.84 Å². The lowest BCUT2D eigenvalue weighted by molar-refractivity contribution is 0.0710. The fraction of sp³-hybridized carbons (Fsp3) is 0.231. The van der Waals surface area contributed by atoms with Crippen LogP contribution in [0.25, 0.3) is 0 Å². The first-order valence-corrected chi connectivity index (χ1v) is 7.49. The van der Waals surface area contributed by atoms with Gasteiger partial charge in [-0.15, -0.1) is 0 Å². The van der Waals surface area contributed by atoms with Gasteiger partial charge in [-0.1, -0.05) is 18.2 Å². The number of hydrogen-bond acceptors (Lipinski definition) is 5. The van der Waals surface area contributed by atoms with Crippen molar-refractivity contribution in [2.75, 3.05) is 5.75 Å². The van der Waals surface area contributed by atoms with Gasteiger partial charge in [0.25, 0.3) is 0 Å². The van der Waals surface area contributed by atoms with Gasteiger partial charge in [0.1, 0.15) is 11.9 Å². The lowest BCUT2D eigenvalue weighted by Gasteiger charge is -2.34. The molecule has 6 heteroatoms. The Morgan fingerprint density at radius 1 is 1.16 bits per heavy atom. The van der Waals surface area contributed by atoms with Crippen molar-refractivity contribution in [1.29, 1.82) is 0 Å². The molecule has 5 nitrogen and oxygen atoms in total. The van der Waals surface area contributed by atoms with Gasteiger partial charge in [-0.3, -0.25) is 0 Å². The summed E-state index contributed by atoms with van der Waals surface area (Å²) in [5, 5.41) is 10.9. The molecule has 0 fully saturated rings. The number of hydrogen-bond donors (Lipinski definition) is 1. The normalized spacial score (nSPS) is 24.7. The summed E-state index contributed by atoms with van der Waals surface area (Å²) in [5.41, 5.74) is -0.434. The van der Waals surface area contributed by atoms with Crippen LogP contribution in [0.1, 0.15) is 17.5 Å². The fourth-order valence-corrected chi connectivity index (χ4v) is 4.06. The average Bonchev–Trinajstić information content (AvgIpc) is 2.45. The second kappa shape index (κ2) is 4.11. The Bertz CT molecular complexity index is 716. The summed E-state index contributed by atoms with van der Waals surface area (Å²) in [6.45, 7) is 0. The predicted octanol–water partition coefficient (Wildman–Crippen LogP) is 0.890. The van der Waals surface area contributed by atoms with Crippen LogP contribution in [0.3, 0.4) is 0 Å². The highest BCUT2D eigenvalue weighted by Crippen LogP contribution is 2.40. The second-order valence-corrected chi connectivity index (χ2v) is 6.63. The summed E-state index contributed by atoms with van der Waals surface area (Å²) in [5.74, 6) is -0.0879. The van der Waals surface area contributed by atoms with E-state index in [0.29, 0.717) is 11.1 Å². The third kappa shape index (κ3) is 1.84. The van der Waals surface area contributed by atoms with E-state index in [4.69, 9.17) is 0 Å². The maximum absolute atomic E-state index is 12.0. The van der Waals surface area contributed by atoms with E-state index in [0.717, 1.165) is 0 Å². The fourth-order valence-electron chi connectivity index (χ4n) is 2.42. The molecule has 1 aliphatic rings. The summed E-state index contributed by atoms with van der Waals surface area (Å²) in [6.07, 6.45) is 4.52. The average molecular weight is 276 g/mol. The summed E-state index contributed by atoms with van der Waals surface area (Å²) < 4.78 is 24.1. The molecule has 0 saturated heterocycles. The Balaban J connectivity index is 2.26. The summed E-state index contributed by atoms with van der Waals surface area (Å²) >= 11 is 0. The topological polar surface area (TPSA) is 80.2 Å². The van der Waals surface area contributed by atoms with Crippen LogP contribution in [0, 0.1) is 0 Å². The Labute approximate surface area is 110 Å². The van der Waals surface area contributed by atoms with Gasteiger partial charge in [0, 0.05) is 23.5 Å². The number of nitrogens with zero attached hydrogens (tertiary/aromatic N) is 2. The Kier molecular flexibility index (Phi) is 2.65. The lowest BCUT2D eigenvalue weighted by atomic mass is 9.85. The van der Waals surface area contributed by atoms with E-state index < -0.39 is 15.4 Å². The molecule has 0 spiro atoms. The largest absolute Gasteiger partial charge is 0.380 e. The summed E-state index contributed by atoms with van der Waals surface area (Å²) in [6, 6.07) is 6.54. The molecule has 0 aliphatic carbocycles. The Morgan fingerprint density at radius 3 is 2.58 bits per heavy atom. The van der Waals surface area contributed by atoms with E-state index in [1.165, 1.54) is 24.8 Å². The molecular weight excluding hydrogens is 264 g/mol. The van der Waals surface area contributed by atoms with E-state index in [2.05, 4.69) is 9.97 Å². The summed E-state index contributed by atoms with van der Waals surface area (Å²) in [7, 11) is -3.32. The van der Waals surface area contributed by atoms with Crippen molar-refractivity contribution in [1.82, 2.24) is 9.97 Å². The lowest BCUT2D eigenvalue weighted by Crippen LogP contribution is -2.36. The van der Waals surface area contributed by atoms with E-state index in [1.807, 2.05) is 0 Å². The van der Waals surface area contributed by atoms with E-state index >= 15 is 0 Å². The SMILES string of the molecule is O=S1(=O)CCC(O)(c2cncnc2)c2ccccc21. The highest BCUT2D eigenvalue weighted by atomic mass is 32.2. The van der Waals surface area contributed by atoms with Gasteiger partial charge < -0.3 is 5.11 Å². The molecule has 2 heterocycles. The first-order chi connectivity index (χ1) is 9.04. The molecule has 0 amide bonds. The zero-order valence-corrected chi connectivity index (χ0v) is 10.8. The maximum Gasteiger partial charge on any atom is 0.178 e. The van der Waals surface area contributed by atoms with Crippen LogP contribution in [0.2, 0.25) is 0 Å². The molecule has 0 saturated carbocycles. The third-order valence-electron chi connectivity index (χ3n) is 3.44. The monoisotopic (exact) mass is 276 g/mol. The third-order valence-corrected chi connectivity index (χ3v) is 5.21. The molecule has 19 heavy (non-hydrogen) atoms. The summed E-state index contributed by atoms with van der Waals surface area (Å²) in [4.78, 5) is 7.98. The quantitative estimate of drug-likeness (QED) is 0.836. The Hall–Kier alpha value is -1.79. The predicted molar refractivity (Wildman–Crippen MR) is 68.1 cm³/mol. The number of rotatable bonds is 1. The van der Waals surface area contributed by atoms with Crippen molar-refractivity contribution in [3.8, 4) is 0 Å². The first-order valence-electron chi connectivity index (χ1n) is 5.84. The van der Waals surface area contributed by atoms with Gasteiger partial charge in [0.05, 0.1) is 10.6 Å². The number of aromatic nitrogens is 2. The van der Waals surface area contributed by atoms with Crippen LogP contribution >= 0.6 is 0 Å². The highest BCUT2D eigenvalue weighted by Gasteiger charge is 2.42. The minimum absolute atomic E-state index is 0.0879. The minimum atomic E-state index is -3.32. The van der Waals surface area contributed by atoms with Crippen LogP contribution in [0.4, 0.5) is 0 Å². The van der Waals surface area contributed by atoms with Crippen molar-refractivity contribution in [2.45, 2.75) is 16.9 Å². The molecule has 1 N–H and O–H groups in total. The molecule has 2 aromatic rings. The van der Waals surface area contributed by atoms with Crippen molar-refractivity contribution >= 4 is 9.84 Å². The zero-order valence-electron chi connectivity index (χ0n) is 10.0. The van der Waals surface area contributed by atoms with Crippen LogP contribution < -0.4 is 0 Å². The van der Waals surface area contributed by atoms with Gasteiger partial charge in [-0.05, 0) is 12.5 Å². The van der Waals surface area contributed by atoms with Crippen molar-refractivity contribution < 1.29 is 13.5 Å². The standard InChI is InChI=1S/C13H12N2O3S/c16-13(10-7-14-9-15-8-10)5-6-19(17,18)12-4-2-1-3-11(12)13/h1-4,7-9,16H,5-6H2. The smallest absolute Gasteiger partial charge is 0.178 e. The van der Waals surface area contributed by atoms with Crippen LogP contribution in [0.15, 0.2) is 47.9 Å². The van der Waals surface area contributed by atoms with E-state index in [-0.39, 0.29) is 17.1 Å². The maximum atomic E-state index is 12.0. The molecular formula is C13H12N2O3S. The minimum Gasteiger partial charge on any atom is -0.380 e. The van der Waals surface area contributed by atoms with Crippen LogP contribution in [0.5, 0.6) is 0 Å². The van der Waals surface area contributed by atoms with Crippen LogP contribution in [-0.4, -0.2) is 29.2 Å². The molecule has 98 valence electrons. The number of benzene rings is 1. The number of sulfone groups is 1. The number of fused-ring (bicyclic) bond motifs is 1. The molecule has 1 aromatic carbocycles. The van der Waals surface area contributed by atoms with Crippen molar-refractivity contribution in [3.63, 3.8) is 0 Å². The molecule has 1 atom stereocenters. The second-order valence-electron chi connectivity index (χ2n) is 4.55. The highest BCUT2D eigenvalue weighted by molar-refractivity contribution is 7.91. The molecule has 1 aromatic heterocycles. The van der Waals surface area contributed by atoms with E-state index in [1.54, 1.807) is 18.2 Å². The van der Waals surface area contributed by atoms with Gasteiger partial charge in [-0.2, -0.15) is 0 Å². The Morgan fingerprint density at radius 2 is 1.84 bits per heavy atom. The van der Waals surface area contributed by atoms with Crippen molar-refractivity contribution in [2.24, 2.45) is 0 Å². The van der Waals surface area contributed by atoms with Gasteiger partial charge in [0.2, 0.25) is 0 Å². The van der Waals surface area contributed by atoms with Gasteiger partial charge in [-0.25, -0.2) is 18.4 Å². The van der Waals surface area contributed by atoms with Crippen molar-refractivity contribution in [3.05, 3.63) is 54.1 Å². The first kappa shape index (κ1) is 12.3. The number of aliphatic hydroxyl groups is 1. The zero-order chi connectivity index (χ0) is 13.5. The molecule has 1 unspecified atom stereocenters. The van der Waals surface area contributed by atoms with Crippen LogP contribution in [-0.2, 0) is 15.4 Å². The molecule has 0 bridgehead atoms. The molecule has 1 aliphatic heterocycles. The molecule has 3 rings (SSSR count). The molecule has 0 radical (unpaired) electrons. The van der Waals surface area contributed by atoms with E-state index in [9.17, 15) is 13.5 Å². The van der Waals surface area contributed by atoms with Gasteiger partial charge >= 0.3 is 0 Å².